The molecule has 0 fully saturated rings. The Kier molecular flexibility index (Phi) is 7.77. The number of carbonyl (C=O) groups is 1. The molecule has 1 amide bonds. The minimum absolute atomic E-state index is 0.0819. The van der Waals surface area contributed by atoms with Crippen molar-refractivity contribution in [2.75, 3.05) is 11.9 Å². The van der Waals surface area contributed by atoms with Crippen molar-refractivity contribution in [2.24, 2.45) is 0 Å². The Bertz CT molecular complexity index is 1300. The third kappa shape index (κ3) is 6.05. The molecule has 1 heterocycles. The van der Waals surface area contributed by atoms with Crippen molar-refractivity contribution in [3.63, 3.8) is 0 Å². The van der Waals surface area contributed by atoms with E-state index in [1.807, 2.05) is 66.1 Å². The Morgan fingerprint density at radius 2 is 1.80 bits per heavy atom. The summed E-state index contributed by atoms with van der Waals surface area (Å²) in [4.78, 5) is 12.7. The lowest BCUT2D eigenvalue weighted by atomic mass is 10.1. The Labute approximate surface area is 206 Å². The monoisotopic (exact) mass is 494 g/mol. The number of amides is 1. The van der Waals surface area contributed by atoms with Gasteiger partial charge in [-0.2, -0.15) is 0 Å². The molecule has 9 heteroatoms. The van der Waals surface area contributed by atoms with Crippen LogP contribution in [0.25, 0.3) is 5.69 Å². The lowest BCUT2D eigenvalue weighted by Crippen LogP contribution is -2.23. The third-order valence-electron chi connectivity index (χ3n) is 5.15. The van der Waals surface area contributed by atoms with E-state index in [1.54, 1.807) is 6.92 Å². The molecule has 4 rings (SSSR count). The quantitative estimate of drug-likeness (QED) is 0.304. The predicted octanol–water partition coefficient (Wildman–Crippen LogP) is 5.65. The summed E-state index contributed by atoms with van der Waals surface area (Å²) in [5.41, 5.74) is 1.81. The lowest BCUT2D eigenvalue weighted by molar-refractivity contribution is -0.115. The first-order valence-corrected chi connectivity index (χ1v) is 12.0. The highest BCUT2D eigenvalue weighted by Crippen LogP contribution is 2.28. The van der Waals surface area contributed by atoms with Gasteiger partial charge in [-0.1, -0.05) is 42.1 Å². The Hall–Kier alpha value is -3.72. The van der Waals surface area contributed by atoms with Gasteiger partial charge < -0.3 is 10.1 Å². The summed E-state index contributed by atoms with van der Waals surface area (Å²) in [5, 5.41) is 11.1. The van der Waals surface area contributed by atoms with E-state index >= 15 is 0 Å². The second-order valence-electron chi connectivity index (χ2n) is 7.70. The van der Waals surface area contributed by atoms with Crippen molar-refractivity contribution in [1.82, 2.24) is 14.8 Å². The van der Waals surface area contributed by atoms with Gasteiger partial charge in [0, 0.05) is 18.2 Å². The van der Waals surface area contributed by atoms with Gasteiger partial charge in [0.2, 0.25) is 5.91 Å². The zero-order valence-electron chi connectivity index (χ0n) is 19.2. The molecule has 180 valence electrons. The van der Waals surface area contributed by atoms with E-state index < -0.39 is 22.8 Å². The second kappa shape index (κ2) is 11.1. The zero-order chi connectivity index (χ0) is 24.8. The molecule has 0 saturated carbocycles. The summed E-state index contributed by atoms with van der Waals surface area (Å²) in [6, 6.07) is 20.5. The number of hydrogen-bond donors (Lipinski definition) is 1. The maximum Gasteiger partial charge on any atom is 0.237 e. The highest BCUT2D eigenvalue weighted by molar-refractivity contribution is 8.00. The van der Waals surface area contributed by atoms with Gasteiger partial charge in [0.15, 0.2) is 5.16 Å². The number of aromatic nitrogens is 3. The molecule has 6 nitrogen and oxygen atoms in total. The molecule has 0 saturated heterocycles. The van der Waals surface area contributed by atoms with Gasteiger partial charge in [0.05, 0.1) is 17.5 Å². The molecule has 1 N–H and O–H groups in total. The average molecular weight is 495 g/mol. The Balaban J connectivity index is 1.60. The fraction of sp³-hybridized carbons (Fsp3) is 0.192. The van der Waals surface area contributed by atoms with Crippen molar-refractivity contribution < 1.29 is 18.3 Å². The van der Waals surface area contributed by atoms with Crippen LogP contribution in [-0.2, 0) is 11.2 Å². The van der Waals surface area contributed by atoms with Crippen molar-refractivity contribution >= 4 is 23.4 Å². The fourth-order valence-electron chi connectivity index (χ4n) is 3.42. The van der Waals surface area contributed by atoms with Crippen molar-refractivity contribution in [3.05, 3.63) is 95.8 Å². The molecule has 0 aliphatic heterocycles. The Morgan fingerprint density at radius 3 is 2.49 bits per heavy atom. The van der Waals surface area contributed by atoms with Crippen molar-refractivity contribution in [2.45, 2.75) is 30.7 Å². The minimum atomic E-state index is -0.835. The predicted molar refractivity (Wildman–Crippen MR) is 132 cm³/mol. The van der Waals surface area contributed by atoms with Gasteiger partial charge in [-0.05, 0) is 55.8 Å². The molecular formula is C26H24F2N4O2S. The normalized spacial score (nSPS) is 11.8. The number of thioether (sulfide) groups is 1. The van der Waals surface area contributed by atoms with E-state index in [1.165, 1.54) is 17.8 Å². The van der Waals surface area contributed by atoms with Crippen LogP contribution in [0.2, 0.25) is 0 Å². The lowest BCUT2D eigenvalue weighted by Gasteiger charge is -2.15. The van der Waals surface area contributed by atoms with Crippen LogP contribution in [0.5, 0.6) is 5.75 Å². The summed E-state index contributed by atoms with van der Waals surface area (Å²) >= 11 is 1.20. The highest BCUT2D eigenvalue weighted by atomic mass is 32.2. The van der Waals surface area contributed by atoms with E-state index in [0.29, 0.717) is 24.0 Å². The number of nitrogens with zero attached hydrogens (tertiary/aromatic N) is 3. The number of hydrogen-bond acceptors (Lipinski definition) is 5. The second-order valence-corrected chi connectivity index (χ2v) is 9.00. The molecule has 1 atom stereocenters. The summed E-state index contributed by atoms with van der Waals surface area (Å²) in [7, 11) is 0. The molecule has 0 spiro atoms. The maximum atomic E-state index is 14.0. The maximum absolute atomic E-state index is 14.0. The van der Waals surface area contributed by atoms with Gasteiger partial charge in [-0.25, -0.2) is 8.78 Å². The van der Waals surface area contributed by atoms with E-state index in [0.717, 1.165) is 29.1 Å². The molecule has 0 aliphatic carbocycles. The van der Waals surface area contributed by atoms with Crippen LogP contribution in [0, 0.1) is 11.6 Å². The van der Waals surface area contributed by atoms with Crippen LogP contribution in [0.1, 0.15) is 25.2 Å². The van der Waals surface area contributed by atoms with Crippen LogP contribution in [0.4, 0.5) is 14.5 Å². The van der Waals surface area contributed by atoms with Gasteiger partial charge >= 0.3 is 0 Å². The molecule has 0 bridgehead atoms. The number of anilines is 1. The molecule has 4 aromatic rings. The highest BCUT2D eigenvalue weighted by Gasteiger charge is 2.22. The first-order chi connectivity index (χ1) is 16.9. The summed E-state index contributed by atoms with van der Waals surface area (Å²) in [6.45, 7) is 4.17. The number of ether oxygens (including phenoxy) is 1. The van der Waals surface area contributed by atoms with Crippen molar-refractivity contribution in [1.29, 1.82) is 0 Å². The largest absolute Gasteiger partial charge is 0.494 e. The third-order valence-corrected chi connectivity index (χ3v) is 6.19. The number of nitrogens with one attached hydrogen (secondary N) is 1. The first kappa shape index (κ1) is 24.4. The summed E-state index contributed by atoms with van der Waals surface area (Å²) < 4.78 is 34.6. The van der Waals surface area contributed by atoms with Gasteiger partial charge in [0.1, 0.15) is 23.2 Å². The SMILES string of the molecule is CCOc1ccc(-n2c(Cc3ccccc3)nnc2SC(C)C(=O)Nc2ccc(F)cc2F)cc1. The zero-order valence-corrected chi connectivity index (χ0v) is 20.1. The van der Waals surface area contributed by atoms with E-state index in [2.05, 4.69) is 15.5 Å². The Morgan fingerprint density at radius 1 is 1.06 bits per heavy atom. The van der Waals surface area contributed by atoms with Crippen LogP contribution in [-0.4, -0.2) is 32.5 Å². The summed E-state index contributed by atoms with van der Waals surface area (Å²) in [5.74, 6) is -0.529. The fourth-order valence-corrected chi connectivity index (χ4v) is 4.31. The van der Waals surface area contributed by atoms with Crippen LogP contribution in [0.3, 0.4) is 0 Å². The summed E-state index contributed by atoms with van der Waals surface area (Å²) in [6.07, 6.45) is 0.545. The standard InChI is InChI=1S/C26H24F2N4O2S/c1-3-34-21-12-10-20(11-13-21)32-24(15-18-7-5-4-6-8-18)30-31-26(32)35-17(2)25(33)29-23-14-9-19(27)16-22(23)28/h4-14,16-17H,3,15H2,1-2H3,(H,29,33). The van der Waals surface area contributed by atoms with Crippen LogP contribution < -0.4 is 10.1 Å². The van der Waals surface area contributed by atoms with Gasteiger partial charge in [-0.15, -0.1) is 10.2 Å². The molecule has 3 aromatic carbocycles. The molecule has 0 aliphatic rings. The molecule has 1 unspecified atom stereocenters. The number of rotatable bonds is 9. The molecule has 0 radical (unpaired) electrons. The smallest absolute Gasteiger partial charge is 0.237 e. The van der Waals surface area contributed by atoms with E-state index in [-0.39, 0.29) is 5.69 Å². The number of carbonyl (C=O) groups excluding carboxylic acids is 1. The first-order valence-electron chi connectivity index (χ1n) is 11.1. The minimum Gasteiger partial charge on any atom is -0.494 e. The van der Waals surface area contributed by atoms with Crippen LogP contribution in [0.15, 0.2) is 78.0 Å². The van der Waals surface area contributed by atoms with E-state index in [9.17, 15) is 13.6 Å². The number of halogens is 2. The van der Waals surface area contributed by atoms with Crippen molar-refractivity contribution in [3.8, 4) is 11.4 Å². The van der Waals surface area contributed by atoms with Gasteiger partial charge in [-0.3, -0.25) is 9.36 Å². The van der Waals surface area contributed by atoms with E-state index in [4.69, 9.17) is 4.74 Å². The van der Waals surface area contributed by atoms with Gasteiger partial charge in [0.25, 0.3) is 0 Å². The molecule has 1 aromatic heterocycles. The molecular weight excluding hydrogens is 470 g/mol. The van der Waals surface area contributed by atoms with Crippen LogP contribution >= 0.6 is 11.8 Å². The topological polar surface area (TPSA) is 69.0 Å². The molecule has 35 heavy (non-hydrogen) atoms. The number of benzene rings is 3. The average Bonchev–Trinajstić information content (AvgIpc) is 3.23.